The van der Waals surface area contributed by atoms with Gasteiger partial charge in [-0.15, -0.1) is 0 Å². The van der Waals surface area contributed by atoms with E-state index in [1.54, 1.807) is 33.5 Å². The smallest absolute Gasteiger partial charge is 0.163 e. The molecule has 0 saturated heterocycles. The van der Waals surface area contributed by atoms with E-state index in [0.29, 0.717) is 34.7 Å². The number of aryl methyl sites for hydroxylation is 1. The van der Waals surface area contributed by atoms with Gasteiger partial charge in [0.2, 0.25) is 0 Å². The molecule has 3 N–H and O–H groups in total. The quantitative estimate of drug-likeness (QED) is 0.685. The molecule has 2 aromatic carbocycles. The number of methoxy groups -OCH3 is 3. The van der Waals surface area contributed by atoms with Gasteiger partial charge in [-0.05, 0) is 42.8 Å². The van der Waals surface area contributed by atoms with Crippen molar-refractivity contribution in [1.82, 2.24) is 9.97 Å². The van der Waals surface area contributed by atoms with Gasteiger partial charge in [-0.25, -0.2) is 9.97 Å². The molecule has 0 spiro atoms. The normalized spacial score (nSPS) is 10.4. The highest BCUT2D eigenvalue weighted by molar-refractivity contribution is 5.69. The van der Waals surface area contributed by atoms with Crippen LogP contribution in [0.4, 0.5) is 17.3 Å². The second kappa shape index (κ2) is 7.82. The maximum atomic E-state index is 6.00. The average molecular weight is 366 g/mol. The van der Waals surface area contributed by atoms with Crippen LogP contribution in [0.1, 0.15) is 5.56 Å². The summed E-state index contributed by atoms with van der Waals surface area (Å²) in [6.07, 6.45) is 0. The van der Waals surface area contributed by atoms with Crippen LogP contribution in [0.5, 0.6) is 17.2 Å². The van der Waals surface area contributed by atoms with E-state index < -0.39 is 0 Å². The SMILES string of the molecule is COc1ccc(C)cc1Nc1cc(N)nc(-c2ccc(OC)c(OC)c2)n1. The number of aromatic nitrogens is 2. The number of benzene rings is 2. The van der Waals surface area contributed by atoms with E-state index in [9.17, 15) is 0 Å². The molecule has 1 aromatic heterocycles. The summed E-state index contributed by atoms with van der Waals surface area (Å²) < 4.78 is 16.0. The van der Waals surface area contributed by atoms with E-state index in [1.807, 2.05) is 37.3 Å². The Morgan fingerprint density at radius 3 is 2.22 bits per heavy atom. The topological polar surface area (TPSA) is 91.5 Å². The first-order valence-corrected chi connectivity index (χ1v) is 8.32. The fraction of sp³-hybridized carbons (Fsp3) is 0.200. The third-order valence-corrected chi connectivity index (χ3v) is 4.01. The molecule has 0 radical (unpaired) electrons. The van der Waals surface area contributed by atoms with Crippen LogP contribution in [-0.2, 0) is 0 Å². The molecule has 7 nitrogen and oxygen atoms in total. The lowest BCUT2D eigenvalue weighted by atomic mass is 10.2. The van der Waals surface area contributed by atoms with Crippen LogP contribution in [0.3, 0.4) is 0 Å². The van der Waals surface area contributed by atoms with Crippen molar-refractivity contribution in [1.29, 1.82) is 0 Å². The Kier molecular flexibility index (Phi) is 5.30. The summed E-state index contributed by atoms with van der Waals surface area (Å²) in [5.74, 6) is 3.33. The monoisotopic (exact) mass is 366 g/mol. The molecular weight excluding hydrogens is 344 g/mol. The molecule has 0 saturated carbocycles. The summed E-state index contributed by atoms with van der Waals surface area (Å²) in [7, 11) is 4.80. The van der Waals surface area contributed by atoms with Crippen LogP contribution in [0.25, 0.3) is 11.4 Å². The molecule has 7 heteroatoms. The second-order valence-corrected chi connectivity index (χ2v) is 5.90. The molecule has 0 amide bonds. The minimum Gasteiger partial charge on any atom is -0.495 e. The molecule has 0 aliphatic rings. The summed E-state index contributed by atoms with van der Waals surface area (Å²) in [5.41, 5.74) is 8.66. The van der Waals surface area contributed by atoms with Crippen LogP contribution in [-0.4, -0.2) is 31.3 Å². The standard InChI is InChI=1S/C20H22N4O3/c1-12-5-7-15(25-2)14(9-12)22-19-11-18(21)23-20(24-19)13-6-8-16(26-3)17(10-13)27-4/h5-11H,1-4H3,(H3,21,22,23,24). The first-order valence-electron chi connectivity index (χ1n) is 8.32. The summed E-state index contributed by atoms with van der Waals surface area (Å²) >= 11 is 0. The Morgan fingerprint density at radius 2 is 1.52 bits per heavy atom. The van der Waals surface area contributed by atoms with Crippen molar-refractivity contribution in [2.24, 2.45) is 0 Å². The van der Waals surface area contributed by atoms with E-state index in [0.717, 1.165) is 16.8 Å². The number of nitrogens with two attached hydrogens (primary N) is 1. The van der Waals surface area contributed by atoms with Crippen molar-refractivity contribution in [2.45, 2.75) is 6.92 Å². The number of hydrogen-bond donors (Lipinski definition) is 2. The van der Waals surface area contributed by atoms with Gasteiger partial charge in [0.25, 0.3) is 0 Å². The molecule has 0 atom stereocenters. The largest absolute Gasteiger partial charge is 0.495 e. The van der Waals surface area contributed by atoms with Crippen molar-refractivity contribution in [3.63, 3.8) is 0 Å². The summed E-state index contributed by atoms with van der Waals surface area (Å²) in [5, 5.41) is 3.25. The highest BCUT2D eigenvalue weighted by Gasteiger charge is 2.11. The second-order valence-electron chi connectivity index (χ2n) is 5.90. The van der Waals surface area contributed by atoms with Gasteiger partial charge in [0.05, 0.1) is 27.0 Å². The molecule has 3 aromatic rings. The molecule has 0 aliphatic heterocycles. The van der Waals surface area contributed by atoms with Gasteiger partial charge < -0.3 is 25.3 Å². The summed E-state index contributed by atoms with van der Waals surface area (Å²) in [6.45, 7) is 2.01. The fourth-order valence-electron chi connectivity index (χ4n) is 2.69. The molecule has 27 heavy (non-hydrogen) atoms. The molecule has 0 fully saturated rings. The van der Waals surface area contributed by atoms with E-state index >= 15 is 0 Å². The average Bonchev–Trinajstić information content (AvgIpc) is 2.67. The van der Waals surface area contributed by atoms with Gasteiger partial charge in [-0.1, -0.05) is 6.07 Å². The molecule has 0 bridgehead atoms. The molecule has 0 unspecified atom stereocenters. The first-order chi connectivity index (χ1) is 13.0. The van der Waals surface area contributed by atoms with Gasteiger partial charge in [0.1, 0.15) is 17.4 Å². The lowest BCUT2D eigenvalue weighted by Crippen LogP contribution is -2.02. The van der Waals surface area contributed by atoms with Gasteiger partial charge in [0, 0.05) is 11.6 Å². The molecular formula is C20H22N4O3. The number of nitrogens with zero attached hydrogens (tertiary/aromatic N) is 2. The number of ether oxygens (including phenoxy) is 3. The van der Waals surface area contributed by atoms with Crippen molar-refractivity contribution in [2.75, 3.05) is 32.4 Å². The number of rotatable bonds is 6. The van der Waals surface area contributed by atoms with Gasteiger partial charge in [0.15, 0.2) is 17.3 Å². The number of nitrogen functional groups attached to an aromatic ring is 1. The predicted octanol–water partition coefficient (Wildman–Crippen LogP) is 3.80. The van der Waals surface area contributed by atoms with Crippen LogP contribution < -0.4 is 25.3 Å². The lowest BCUT2D eigenvalue weighted by molar-refractivity contribution is 0.355. The van der Waals surface area contributed by atoms with E-state index in [1.165, 1.54) is 0 Å². The van der Waals surface area contributed by atoms with E-state index in [4.69, 9.17) is 19.9 Å². The van der Waals surface area contributed by atoms with Gasteiger partial charge >= 0.3 is 0 Å². The first kappa shape index (κ1) is 18.3. The third kappa shape index (κ3) is 4.03. The zero-order chi connectivity index (χ0) is 19.4. The number of hydrogen-bond acceptors (Lipinski definition) is 7. The van der Waals surface area contributed by atoms with Crippen molar-refractivity contribution in [3.8, 4) is 28.6 Å². The molecule has 3 rings (SSSR count). The maximum absolute atomic E-state index is 6.00. The van der Waals surface area contributed by atoms with Crippen molar-refractivity contribution < 1.29 is 14.2 Å². The molecule has 1 heterocycles. The minimum absolute atomic E-state index is 0.351. The Bertz CT molecular complexity index is 960. The fourth-order valence-corrected chi connectivity index (χ4v) is 2.69. The number of nitrogens with one attached hydrogen (secondary N) is 1. The highest BCUT2D eigenvalue weighted by Crippen LogP contribution is 2.33. The number of anilines is 3. The van der Waals surface area contributed by atoms with Gasteiger partial charge in [-0.2, -0.15) is 0 Å². The van der Waals surface area contributed by atoms with Crippen molar-refractivity contribution in [3.05, 3.63) is 48.0 Å². The van der Waals surface area contributed by atoms with Gasteiger partial charge in [-0.3, -0.25) is 0 Å². The zero-order valence-electron chi connectivity index (χ0n) is 15.7. The lowest BCUT2D eigenvalue weighted by Gasteiger charge is -2.13. The van der Waals surface area contributed by atoms with Crippen LogP contribution in [0.15, 0.2) is 42.5 Å². The van der Waals surface area contributed by atoms with Crippen LogP contribution in [0, 0.1) is 6.92 Å². The Morgan fingerprint density at radius 1 is 0.815 bits per heavy atom. The summed E-state index contributed by atoms with van der Waals surface area (Å²) in [6, 6.07) is 13.0. The Labute approximate surface area is 158 Å². The molecule has 140 valence electrons. The van der Waals surface area contributed by atoms with Crippen LogP contribution >= 0.6 is 0 Å². The third-order valence-electron chi connectivity index (χ3n) is 4.01. The summed E-state index contributed by atoms with van der Waals surface area (Å²) in [4.78, 5) is 8.92. The van der Waals surface area contributed by atoms with Crippen molar-refractivity contribution >= 4 is 17.3 Å². The van der Waals surface area contributed by atoms with E-state index in [-0.39, 0.29) is 0 Å². The maximum Gasteiger partial charge on any atom is 0.163 e. The Balaban J connectivity index is 1.99. The zero-order valence-corrected chi connectivity index (χ0v) is 15.7. The van der Waals surface area contributed by atoms with E-state index in [2.05, 4.69) is 15.3 Å². The predicted molar refractivity (Wildman–Crippen MR) is 106 cm³/mol. The highest BCUT2D eigenvalue weighted by atomic mass is 16.5. The molecule has 0 aliphatic carbocycles. The van der Waals surface area contributed by atoms with Crippen LogP contribution in [0.2, 0.25) is 0 Å². The minimum atomic E-state index is 0.351. The Hall–Kier alpha value is -3.48.